The highest BCUT2D eigenvalue weighted by Crippen LogP contribution is 2.32. The molecule has 6 heteroatoms. The number of hydroxylamine groups is 2. The number of piperidine rings is 1. The Labute approximate surface area is 114 Å². The number of amides is 1. The van der Waals surface area contributed by atoms with Crippen molar-refractivity contribution in [1.29, 1.82) is 0 Å². The Morgan fingerprint density at radius 2 is 1.95 bits per heavy atom. The van der Waals surface area contributed by atoms with Gasteiger partial charge in [0.2, 0.25) is 0 Å². The number of nitrogens with one attached hydrogen (secondary N) is 1. The summed E-state index contributed by atoms with van der Waals surface area (Å²) >= 11 is 0. The average Bonchev–Trinajstić information content (AvgIpc) is 2.46. The minimum absolute atomic E-state index is 0.321. The molecule has 110 valence electrons. The molecule has 0 bridgehead atoms. The van der Waals surface area contributed by atoms with Crippen LogP contribution in [0.4, 0.5) is 0 Å². The third-order valence-electron chi connectivity index (χ3n) is 3.55. The van der Waals surface area contributed by atoms with E-state index in [0.29, 0.717) is 32.5 Å². The Kier molecular flexibility index (Phi) is 6.24. The van der Waals surface area contributed by atoms with Crippen molar-refractivity contribution in [3.05, 3.63) is 0 Å². The van der Waals surface area contributed by atoms with E-state index < -0.39 is 11.4 Å². The lowest BCUT2D eigenvalue weighted by atomic mass is 9.78. The SMILES string of the molecule is CCCCOC(=O)C1(C(=O)N(C)OC)CCNCC1. The van der Waals surface area contributed by atoms with E-state index in [9.17, 15) is 9.59 Å². The Bertz CT molecular complexity index is 314. The third kappa shape index (κ3) is 3.67. The summed E-state index contributed by atoms with van der Waals surface area (Å²) in [5.41, 5.74) is -1.09. The average molecular weight is 272 g/mol. The smallest absolute Gasteiger partial charge is 0.321 e. The van der Waals surface area contributed by atoms with Gasteiger partial charge in [-0.25, -0.2) is 5.06 Å². The van der Waals surface area contributed by atoms with Crippen LogP contribution in [0.3, 0.4) is 0 Å². The first-order valence-corrected chi connectivity index (χ1v) is 6.78. The van der Waals surface area contributed by atoms with Gasteiger partial charge in [0.05, 0.1) is 13.7 Å². The van der Waals surface area contributed by atoms with E-state index in [-0.39, 0.29) is 5.91 Å². The number of ether oxygens (including phenoxy) is 1. The van der Waals surface area contributed by atoms with E-state index >= 15 is 0 Å². The Morgan fingerprint density at radius 1 is 1.32 bits per heavy atom. The minimum Gasteiger partial charge on any atom is -0.465 e. The van der Waals surface area contributed by atoms with Gasteiger partial charge in [-0.05, 0) is 32.4 Å². The number of hydrogen-bond donors (Lipinski definition) is 1. The molecule has 0 aliphatic carbocycles. The molecule has 1 aliphatic rings. The van der Waals surface area contributed by atoms with Gasteiger partial charge < -0.3 is 10.1 Å². The molecule has 0 aromatic carbocycles. The molecule has 1 saturated heterocycles. The van der Waals surface area contributed by atoms with Gasteiger partial charge in [0, 0.05) is 7.05 Å². The fraction of sp³-hybridized carbons (Fsp3) is 0.846. The third-order valence-corrected chi connectivity index (χ3v) is 3.55. The van der Waals surface area contributed by atoms with E-state index in [0.717, 1.165) is 17.9 Å². The quantitative estimate of drug-likeness (QED) is 0.334. The predicted octanol–water partition coefficient (Wildman–Crippen LogP) is 0.719. The minimum atomic E-state index is -1.09. The second-order valence-electron chi connectivity index (χ2n) is 4.81. The highest BCUT2D eigenvalue weighted by molar-refractivity contribution is 6.02. The fourth-order valence-electron chi connectivity index (χ4n) is 2.19. The molecule has 1 rings (SSSR count). The maximum atomic E-state index is 12.4. The van der Waals surface area contributed by atoms with Gasteiger partial charge in [-0.2, -0.15) is 0 Å². The highest BCUT2D eigenvalue weighted by Gasteiger charge is 2.49. The standard InChI is InChI=1S/C13H24N2O4/c1-4-5-10-19-12(17)13(6-8-14-9-7-13)11(16)15(2)18-3/h14H,4-10H2,1-3H3. The van der Waals surface area contributed by atoms with Crippen molar-refractivity contribution >= 4 is 11.9 Å². The first kappa shape index (κ1) is 15.9. The molecule has 0 aromatic heterocycles. The molecule has 6 nitrogen and oxygen atoms in total. The lowest BCUT2D eigenvalue weighted by molar-refractivity contribution is -0.190. The van der Waals surface area contributed by atoms with Crippen LogP contribution in [0, 0.1) is 5.41 Å². The monoisotopic (exact) mass is 272 g/mol. The van der Waals surface area contributed by atoms with E-state index in [1.807, 2.05) is 6.92 Å². The number of carbonyl (C=O) groups excluding carboxylic acids is 2. The number of hydrogen-bond acceptors (Lipinski definition) is 5. The van der Waals surface area contributed by atoms with Crippen molar-refractivity contribution in [2.45, 2.75) is 32.6 Å². The molecular formula is C13H24N2O4. The molecule has 19 heavy (non-hydrogen) atoms. The number of carbonyl (C=O) groups is 2. The Morgan fingerprint density at radius 3 is 2.47 bits per heavy atom. The predicted molar refractivity (Wildman–Crippen MR) is 70.2 cm³/mol. The molecule has 1 aliphatic heterocycles. The lowest BCUT2D eigenvalue weighted by Crippen LogP contribution is -2.53. The van der Waals surface area contributed by atoms with E-state index in [1.165, 1.54) is 14.2 Å². The van der Waals surface area contributed by atoms with E-state index in [1.54, 1.807) is 0 Å². The van der Waals surface area contributed by atoms with Crippen molar-refractivity contribution in [2.75, 3.05) is 33.9 Å². The van der Waals surface area contributed by atoms with Gasteiger partial charge >= 0.3 is 5.97 Å². The molecule has 0 aromatic rings. The number of rotatable bonds is 6. The molecule has 1 heterocycles. The van der Waals surface area contributed by atoms with Crippen molar-refractivity contribution < 1.29 is 19.2 Å². The van der Waals surface area contributed by atoms with Gasteiger partial charge in [0.15, 0.2) is 5.41 Å². The number of nitrogens with zero attached hydrogens (tertiary/aromatic N) is 1. The lowest BCUT2D eigenvalue weighted by Gasteiger charge is -2.35. The molecule has 0 unspecified atom stereocenters. The van der Waals surface area contributed by atoms with Crippen LogP contribution in [0.1, 0.15) is 32.6 Å². The molecule has 1 N–H and O–H groups in total. The summed E-state index contributed by atoms with van der Waals surface area (Å²) in [5.74, 6) is -0.741. The van der Waals surface area contributed by atoms with Crippen LogP contribution >= 0.6 is 0 Å². The van der Waals surface area contributed by atoms with Gasteiger partial charge in [-0.3, -0.25) is 14.4 Å². The molecule has 0 spiro atoms. The van der Waals surface area contributed by atoms with Crippen LogP contribution in [0.25, 0.3) is 0 Å². The van der Waals surface area contributed by atoms with Crippen molar-refractivity contribution in [1.82, 2.24) is 10.4 Å². The van der Waals surface area contributed by atoms with E-state index in [4.69, 9.17) is 9.57 Å². The van der Waals surface area contributed by atoms with Crippen LogP contribution in [0.2, 0.25) is 0 Å². The summed E-state index contributed by atoms with van der Waals surface area (Å²) in [4.78, 5) is 29.6. The first-order valence-electron chi connectivity index (χ1n) is 6.78. The summed E-state index contributed by atoms with van der Waals surface area (Å²) in [7, 11) is 2.93. The Balaban J connectivity index is 2.80. The summed E-state index contributed by atoms with van der Waals surface area (Å²) in [6.07, 6.45) is 2.66. The van der Waals surface area contributed by atoms with Crippen LogP contribution in [-0.4, -0.2) is 50.8 Å². The molecule has 0 radical (unpaired) electrons. The number of esters is 1. The van der Waals surface area contributed by atoms with Crippen LogP contribution in [0.15, 0.2) is 0 Å². The normalized spacial score (nSPS) is 17.8. The fourth-order valence-corrected chi connectivity index (χ4v) is 2.19. The van der Waals surface area contributed by atoms with Crippen LogP contribution in [0.5, 0.6) is 0 Å². The molecule has 1 fully saturated rings. The van der Waals surface area contributed by atoms with Crippen LogP contribution in [-0.2, 0) is 19.2 Å². The largest absolute Gasteiger partial charge is 0.465 e. The zero-order valence-corrected chi connectivity index (χ0v) is 12.0. The molecule has 0 atom stereocenters. The maximum absolute atomic E-state index is 12.4. The second kappa shape index (κ2) is 7.45. The molecule has 1 amide bonds. The molecular weight excluding hydrogens is 248 g/mol. The second-order valence-corrected chi connectivity index (χ2v) is 4.81. The summed E-state index contributed by atoms with van der Waals surface area (Å²) in [5, 5.41) is 4.27. The summed E-state index contributed by atoms with van der Waals surface area (Å²) in [6.45, 7) is 3.66. The zero-order valence-electron chi connectivity index (χ0n) is 12.0. The maximum Gasteiger partial charge on any atom is 0.321 e. The van der Waals surface area contributed by atoms with E-state index in [2.05, 4.69) is 5.32 Å². The van der Waals surface area contributed by atoms with Gasteiger partial charge in [0.25, 0.3) is 5.91 Å². The summed E-state index contributed by atoms with van der Waals surface area (Å²) in [6, 6.07) is 0. The summed E-state index contributed by atoms with van der Waals surface area (Å²) < 4.78 is 5.27. The topological polar surface area (TPSA) is 67.9 Å². The van der Waals surface area contributed by atoms with Crippen LogP contribution < -0.4 is 5.32 Å². The van der Waals surface area contributed by atoms with Gasteiger partial charge in [-0.15, -0.1) is 0 Å². The highest BCUT2D eigenvalue weighted by atomic mass is 16.7. The number of unbranched alkanes of at least 4 members (excludes halogenated alkanes) is 1. The van der Waals surface area contributed by atoms with Crippen molar-refractivity contribution in [2.24, 2.45) is 5.41 Å². The zero-order chi connectivity index (χ0) is 14.3. The first-order chi connectivity index (χ1) is 9.08. The van der Waals surface area contributed by atoms with Gasteiger partial charge in [0.1, 0.15) is 0 Å². The molecule has 0 saturated carbocycles. The Hall–Kier alpha value is -1.14. The van der Waals surface area contributed by atoms with Gasteiger partial charge in [-0.1, -0.05) is 13.3 Å². The van der Waals surface area contributed by atoms with Crippen molar-refractivity contribution in [3.63, 3.8) is 0 Å². The van der Waals surface area contributed by atoms with Crippen molar-refractivity contribution in [3.8, 4) is 0 Å².